The Kier molecular flexibility index (Phi) is 7.49. The molecule has 26 heavy (non-hydrogen) atoms. The van der Waals surface area contributed by atoms with Gasteiger partial charge in [0.15, 0.2) is 0 Å². The van der Waals surface area contributed by atoms with E-state index in [1.165, 1.54) is 0 Å². The molecule has 0 heterocycles. The second-order valence-electron chi connectivity index (χ2n) is 5.86. The zero-order valence-corrected chi connectivity index (χ0v) is 15.2. The average molecular weight is 355 g/mol. The number of nitrogens with one attached hydrogen (secondary N) is 3. The minimum atomic E-state index is -0.110. The first-order valence-electron chi connectivity index (χ1n) is 8.64. The van der Waals surface area contributed by atoms with Crippen molar-refractivity contribution < 1.29 is 14.3 Å². The lowest BCUT2D eigenvalue weighted by atomic mass is 10.2. The summed E-state index contributed by atoms with van der Waals surface area (Å²) in [7, 11) is 1.62. The maximum atomic E-state index is 12.0. The van der Waals surface area contributed by atoms with E-state index in [1.807, 2.05) is 55.5 Å². The zero-order valence-electron chi connectivity index (χ0n) is 15.2. The van der Waals surface area contributed by atoms with Crippen molar-refractivity contribution in [1.29, 1.82) is 0 Å². The van der Waals surface area contributed by atoms with Gasteiger partial charge in [0.05, 0.1) is 13.7 Å². The standard InChI is InChI=1S/C20H25N3O3/c1-3-5-19(24)23-17-7-4-6-16(12-17)21-14-20(25)22-13-15-8-10-18(26-2)11-9-15/h4,6-12,21H,3,5,13-14H2,1-2H3,(H,22,25)(H,23,24). The Balaban J connectivity index is 1.78. The van der Waals surface area contributed by atoms with Gasteiger partial charge < -0.3 is 20.7 Å². The minimum absolute atomic E-state index is 0.0121. The fraction of sp³-hybridized carbons (Fsp3) is 0.300. The number of hydrogen-bond acceptors (Lipinski definition) is 4. The molecular formula is C20H25N3O3. The topological polar surface area (TPSA) is 79.5 Å². The van der Waals surface area contributed by atoms with Crippen LogP contribution in [-0.4, -0.2) is 25.5 Å². The van der Waals surface area contributed by atoms with E-state index in [9.17, 15) is 9.59 Å². The molecule has 0 aromatic heterocycles. The molecule has 0 aliphatic carbocycles. The highest BCUT2D eigenvalue weighted by molar-refractivity contribution is 5.91. The molecule has 3 N–H and O–H groups in total. The summed E-state index contributed by atoms with van der Waals surface area (Å²) < 4.78 is 5.11. The van der Waals surface area contributed by atoms with E-state index in [4.69, 9.17) is 4.74 Å². The second kappa shape index (κ2) is 10.1. The van der Waals surface area contributed by atoms with Crippen molar-refractivity contribution >= 4 is 23.2 Å². The highest BCUT2D eigenvalue weighted by atomic mass is 16.5. The first kappa shape index (κ1) is 19.3. The van der Waals surface area contributed by atoms with E-state index in [0.29, 0.717) is 18.7 Å². The second-order valence-corrected chi connectivity index (χ2v) is 5.86. The van der Waals surface area contributed by atoms with Gasteiger partial charge in [0.1, 0.15) is 5.75 Å². The average Bonchev–Trinajstić information content (AvgIpc) is 2.65. The molecule has 138 valence electrons. The molecule has 2 rings (SSSR count). The minimum Gasteiger partial charge on any atom is -0.497 e. The normalized spacial score (nSPS) is 10.1. The van der Waals surface area contributed by atoms with Crippen molar-refractivity contribution in [1.82, 2.24) is 5.32 Å². The molecule has 0 bridgehead atoms. The van der Waals surface area contributed by atoms with Crippen LogP contribution >= 0.6 is 0 Å². The number of anilines is 2. The Hall–Kier alpha value is -3.02. The third-order valence-corrected chi connectivity index (χ3v) is 3.73. The van der Waals surface area contributed by atoms with Crippen LogP contribution in [0.2, 0.25) is 0 Å². The molecule has 2 aromatic rings. The lowest BCUT2D eigenvalue weighted by Crippen LogP contribution is -2.29. The molecule has 0 radical (unpaired) electrons. The number of methoxy groups -OCH3 is 1. The van der Waals surface area contributed by atoms with Crippen LogP contribution in [0.3, 0.4) is 0 Å². The summed E-state index contributed by atoms with van der Waals surface area (Å²) in [6, 6.07) is 14.9. The first-order chi connectivity index (χ1) is 12.6. The summed E-state index contributed by atoms with van der Waals surface area (Å²) in [4.78, 5) is 23.6. The van der Waals surface area contributed by atoms with E-state index in [0.717, 1.165) is 23.4 Å². The molecular weight excluding hydrogens is 330 g/mol. The molecule has 0 saturated carbocycles. The SMILES string of the molecule is CCCC(=O)Nc1cccc(NCC(=O)NCc2ccc(OC)cc2)c1. The molecule has 0 atom stereocenters. The Morgan fingerprint density at radius 2 is 1.73 bits per heavy atom. The maximum Gasteiger partial charge on any atom is 0.239 e. The molecule has 0 aliphatic heterocycles. The van der Waals surface area contributed by atoms with Gasteiger partial charge in [0, 0.05) is 24.3 Å². The number of amides is 2. The lowest BCUT2D eigenvalue weighted by Gasteiger charge is -2.10. The van der Waals surface area contributed by atoms with Gasteiger partial charge in [-0.2, -0.15) is 0 Å². The lowest BCUT2D eigenvalue weighted by molar-refractivity contribution is -0.119. The van der Waals surface area contributed by atoms with Crippen LogP contribution in [-0.2, 0) is 16.1 Å². The molecule has 2 aromatic carbocycles. The number of ether oxygens (including phenoxy) is 1. The largest absolute Gasteiger partial charge is 0.497 e. The van der Waals surface area contributed by atoms with E-state index in [-0.39, 0.29) is 18.4 Å². The van der Waals surface area contributed by atoms with Crippen molar-refractivity contribution in [3.8, 4) is 5.75 Å². The van der Waals surface area contributed by atoms with Gasteiger partial charge in [0.2, 0.25) is 11.8 Å². The Bertz CT molecular complexity index is 729. The highest BCUT2D eigenvalue weighted by Gasteiger charge is 2.04. The Labute approximate surface area is 153 Å². The Morgan fingerprint density at radius 3 is 2.42 bits per heavy atom. The van der Waals surface area contributed by atoms with E-state index in [2.05, 4.69) is 16.0 Å². The summed E-state index contributed by atoms with van der Waals surface area (Å²) in [5.41, 5.74) is 2.49. The van der Waals surface area contributed by atoms with E-state index < -0.39 is 0 Å². The monoisotopic (exact) mass is 355 g/mol. The van der Waals surface area contributed by atoms with Crippen molar-refractivity contribution in [3.63, 3.8) is 0 Å². The van der Waals surface area contributed by atoms with Crippen LogP contribution in [0.5, 0.6) is 5.75 Å². The summed E-state index contributed by atoms with van der Waals surface area (Å²) in [6.07, 6.45) is 1.30. The van der Waals surface area contributed by atoms with Gasteiger partial charge in [-0.05, 0) is 42.3 Å². The molecule has 0 spiro atoms. The first-order valence-corrected chi connectivity index (χ1v) is 8.64. The van der Waals surface area contributed by atoms with E-state index >= 15 is 0 Å². The molecule has 6 heteroatoms. The van der Waals surface area contributed by atoms with Crippen molar-refractivity contribution in [2.45, 2.75) is 26.3 Å². The number of carbonyl (C=O) groups excluding carboxylic acids is 2. The van der Waals surface area contributed by atoms with Crippen LogP contribution in [0.4, 0.5) is 11.4 Å². The molecule has 0 saturated heterocycles. The summed E-state index contributed by atoms with van der Waals surface area (Å²) in [6.45, 7) is 2.57. The van der Waals surface area contributed by atoms with Gasteiger partial charge in [-0.1, -0.05) is 25.1 Å². The third kappa shape index (κ3) is 6.47. The summed E-state index contributed by atoms with van der Waals surface area (Å²) in [5.74, 6) is 0.663. The Morgan fingerprint density at radius 1 is 1.00 bits per heavy atom. The van der Waals surface area contributed by atoms with Crippen LogP contribution in [0.1, 0.15) is 25.3 Å². The van der Waals surface area contributed by atoms with Gasteiger partial charge in [-0.3, -0.25) is 9.59 Å². The molecule has 2 amide bonds. The maximum absolute atomic E-state index is 12.0. The quantitative estimate of drug-likeness (QED) is 0.645. The van der Waals surface area contributed by atoms with Gasteiger partial charge in [0.25, 0.3) is 0 Å². The highest BCUT2D eigenvalue weighted by Crippen LogP contribution is 2.15. The van der Waals surface area contributed by atoms with Gasteiger partial charge in [-0.15, -0.1) is 0 Å². The van der Waals surface area contributed by atoms with Crippen molar-refractivity contribution in [2.75, 3.05) is 24.3 Å². The fourth-order valence-electron chi connectivity index (χ4n) is 2.35. The fourth-order valence-corrected chi connectivity index (χ4v) is 2.35. The molecule has 0 aliphatic rings. The predicted molar refractivity (Wildman–Crippen MR) is 103 cm³/mol. The third-order valence-electron chi connectivity index (χ3n) is 3.73. The summed E-state index contributed by atoms with van der Waals surface area (Å²) >= 11 is 0. The van der Waals surface area contributed by atoms with Crippen LogP contribution in [0.25, 0.3) is 0 Å². The number of benzene rings is 2. The van der Waals surface area contributed by atoms with Gasteiger partial charge >= 0.3 is 0 Å². The molecule has 0 fully saturated rings. The van der Waals surface area contributed by atoms with Gasteiger partial charge in [-0.25, -0.2) is 0 Å². The van der Waals surface area contributed by atoms with Crippen LogP contribution in [0, 0.1) is 0 Å². The number of hydrogen-bond donors (Lipinski definition) is 3. The smallest absolute Gasteiger partial charge is 0.239 e. The predicted octanol–water partition coefficient (Wildman–Crippen LogP) is 3.16. The van der Waals surface area contributed by atoms with Crippen LogP contribution < -0.4 is 20.7 Å². The molecule has 6 nitrogen and oxygen atoms in total. The van der Waals surface area contributed by atoms with E-state index in [1.54, 1.807) is 7.11 Å². The van der Waals surface area contributed by atoms with Crippen molar-refractivity contribution in [2.24, 2.45) is 0 Å². The number of carbonyl (C=O) groups is 2. The molecule has 0 unspecified atom stereocenters. The number of rotatable bonds is 9. The van der Waals surface area contributed by atoms with Crippen molar-refractivity contribution in [3.05, 3.63) is 54.1 Å². The zero-order chi connectivity index (χ0) is 18.8. The van der Waals surface area contributed by atoms with Crippen LogP contribution in [0.15, 0.2) is 48.5 Å². The summed E-state index contributed by atoms with van der Waals surface area (Å²) in [5, 5.41) is 8.76.